The molecule has 6 nitrogen and oxygen atoms in total. The lowest BCUT2D eigenvalue weighted by atomic mass is 10.5. The van der Waals surface area contributed by atoms with E-state index in [1.807, 2.05) is 39.9 Å². The predicted octanol–water partition coefficient (Wildman–Crippen LogP) is 1.31. The number of rotatable bonds is 6. The molecule has 0 N–H and O–H groups in total. The zero-order chi connectivity index (χ0) is 13.7. The minimum absolute atomic E-state index is 0.00315. The molecule has 1 aromatic heterocycles. The second-order valence-electron chi connectivity index (χ2n) is 4.58. The van der Waals surface area contributed by atoms with Gasteiger partial charge >= 0.3 is 6.01 Å². The van der Waals surface area contributed by atoms with Gasteiger partial charge in [0.2, 0.25) is 11.2 Å². The van der Waals surface area contributed by atoms with Crippen molar-refractivity contribution < 1.29 is 4.74 Å². The van der Waals surface area contributed by atoms with E-state index in [-0.39, 0.29) is 17.4 Å². The number of halogens is 1. The largest absolute Gasteiger partial charge is 0.461 e. The third-order valence-corrected chi connectivity index (χ3v) is 2.31. The van der Waals surface area contributed by atoms with Crippen LogP contribution in [0.2, 0.25) is 5.28 Å². The van der Waals surface area contributed by atoms with Crippen molar-refractivity contribution in [2.24, 2.45) is 0 Å². The summed E-state index contributed by atoms with van der Waals surface area (Å²) in [5.41, 5.74) is 0. The van der Waals surface area contributed by atoms with Crippen molar-refractivity contribution in [3.63, 3.8) is 0 Å². The highest BCUT2D eigenvalue weighted by atomic mass is 35.5. The number of likely N-dealkylation sites (N-methyl/N-ethyl adjacent to an activating group) is 2. The highest BCUT2D eigenvalue weighted by Gasteiger charge is 2.11. The standard InChI is InChI=1S/C11H20ClN5O/c1-8(2)18-11-14-9(12)13-10(15-11)17(5)7-6-16(3)4/h8H,6-7H2,1-5H3. The number of ether oxygens (including phenoxy) is 1. The molecule has 0 atom stereocenters. The summed E-state index contributed by atoms with van der Waals surface area (Å²) < 4.78 is 5.43. The Hall–Kier alpha value is -1.14. The van der Waals surface area contributed by atoms with Crippen LogP contribution < -0.4 is 9.64 Å². The van der Waals surface area contributed by atoms with Gasteiger partial charge < -0.3 is 14.5 Å². The Labute approximate surface area is 113 Å². The number of aromatic nitrogens is 3. The quantitative estimate of drug-likeness (QED) is 0.779. The van der Waals surface area contributed by atoms with Crippen LogP contribution in [0.5, 0.6) is 6.01 Å². The van der Waals surface area contributed by atoms with Crippen molar-refractivity contribution in [3.05, 3.63) is 5.28 Å². The van der Waals surface area contributed by atoms with Crippen LogP contribution in [0.15, 0.2) is 0 Å². The Balaban J connectivity index is 2.78. The first-order valence-electron chi connectivity index (χ1n) is 5.82. The van der Waals surface area contributed by atoms with Gasteiger partial charge in [-0.15, -0.1) is 0 Å². The van der Waals surface area contributed by atoms with Gasteiger partial charge in [0.1, 0.15) is 0 Å². The van der Waals surface area contributed by atoms with E-state index in [2.05, 4.69) is 19.9 Å². The zero-order valence-electron chi connectivity index (χ0n) is 11.5. The number of nitrogens with zero attached hydrogens (tertiary/aromatic N) is 5. The van der Waals surface area contributed by atoms with Crippen LogP contribution in [0.4, 0.5) is 5.95 Å². The van der Waals surface area contributed by atoms with E-state index in [1.165, 1.54) is 0 Å². The molecule has 0 aliphatic rings. The van der Waals surface area contributed by atoms with Crippen molar-refractivity contribution in [2.75, 3.05) is 39.1 Å². The monoisotopic (exact) mass is 273 g/mol. The van der Waals surface area contributed by atoms with E-state index < -0.39 is 0 Å². The summed E-state index contributed by atoms with van der Waals surface area (Å²) in [5.74, 6) is 0.521. The maximum absolute atomic E-state index is 5.86. The van der Waals surface area contributed by atoms with Crippen molar-refractivity contribution in [1.29, 1.82) is 0 Å². The first-order valence-corrected chi connectivity index (χ1v) is 6.20. The Morgan fingerprint density at radius 2 is 1.78 bits per heavy atom. The van der Waals surface area contributed by atoms with E-state index in [0.717, 1.165) is 13.1 Å². The second kappa shape index (κ2) is 6.70. The molecule has 0 bridgehead atoms. The van der Waals surface area contributed by atoms with Crippen LogP contribution in [0.3, 0.4) is 0 Å². The highest BCUT2D eigenvalue weighted by Crippen LogP contribution is 2.14. The molecule has 0 radical (unpaired) electrons. The molecular weight excluding hydrogens is 254 g/mol. The lowest BCUT2D eigenvalue weighted by molar-refractivity contribution is 0.221. The molecule has 0 saturated carbocycles. The molecule has 102 valence electrons. The van der Waals surface area contributed by atoms with Crippen LogP contribution >= 0.6 is 11.6 Å². The highest BCUT2D eigenvalue weighted by molar-refractivity contribution is 6.28. The average Bonchev–Trinajstić information content (AvgIpc) is 2.23. The minimum Gasteiger partial charge on any atom is -0.461 e. The minimum atomic E-state index is 0.00315. The first kappa shape index (κ1) is 14.9. The molecule has 18 heavy (non-hydrogen) atoms. The van der Waals surface area contributed by atoms with E-state index in [9.17, 15) is 0 Å². The first-order chi connectivity index (χ1) is 8.38. The molecule has 1 rings (SSSR count). The SMILES string of the molecule is CC(C)Oc1nc(Cl)nc(N(C)CCN(C)C)n1. The van der Waals surface area contributed by atoms with E-state index in [4.69, 9.17) is 16.3 Å². The topological polar surface area (TPSA) is 54.4 Å². The van der Waals surface area contributed by atoms with Crippen LogP contribution in [-0.2, 0) is 0 Å². The van der Waals surface area contributed by atoms with Crippen LogP contribution in [-0.4, -0.2) is 60.2 Å². The summed E-state index contributed by atoms with van der Waals surface area (Å²) in [6, 6.07) is 0.261. The third-order valence-electron chi connectivity index (χ3n) is 2.14. The van der Waals surface area contributed by atoms with Crippen molar-refractivity contribution in [1.82, 2.24) is 19.9 Å². The van der Waals surface area contributed by atoms with E-state index in [0.29, 0.717) is 5.95 Å². The lowest BCUT2D eigenvalue weighted by Crippen LogP contribution is -2.30. The molecule has 1 heterocycles. The molecule has 0 aliphatic heterocycles. The summed E-state index contributed by atoms with van der Waals surface area (Å²) in [6.07, 6.45) is 0.00315. The van der Waals surface area contributed by atoms with Gasteiger partial charge in [0.15, 0.2) is 0 Å². The molecule has 0 fully saturated rings. The van der Waals surface area contributed by atoms with Crippen LogP contribution in [0.1, 0.15) is 13.8 Å². The summed E-state index contributed by atoms with van der Waals surface area (Å²) in [5, 5.41) is 0.146. The fraction of sp³-hybridized carbons (Fsp3) is 0.727. The molecule has 0 unspecified atom stereocenters. The van der Waals surface area contributed by atoms with E-state index in [1.54, 1.807) is 0 Å². The molecule has 0 spiro atoms. The normalized spacial score (nSPS) is 11.1. The predicted molar refractivity (Wildman–Crippen MR) is 72.4 cm³/mol. The second-order valence-corrected chi connectivity index (χ2v) is 4.92. The van der Waals surface area contributed by atoms with Crippen molar-refractivity contribution >= 4 is 17.5 Å². The van der Waals surface area contributed by atoms with Gasteiger partial charge in [0.25, 0.3) is 0 Å². The number of hydrogen-bond acceptors (Lipinski definition) is 6. The third kappa shape index (κ3) is 5.01. The summed E-state index contributed by atoms with van der Waals surface area (Å²) in [7, 11) is 5.94. The average molecular weight is 274 g/mol. The summed E-state index contributed by atoms with van der Waals surface area (Å²) >= 11 is 5.86. The van der Waals surface area contributed by atoms with Gasteiger partial charge in [-0.05, 0) is 39.5 Å². The summed E-state index contributed by atoms with van der Waals surface area (Å²) in [4.78, 5) is 16.3. The number of hydrogen-bond donors (Lipinski definition) is 0. The molecule has 0 saturated heterocycles. The Bertz CT molecular complexity index is 386. The Kier molecular flexibility index (Phi) is 5.55. The molecule has 0 amide bonds. The Morgan fingerprint density at radius 1 is 1.11 bits per heavy atom. The maximum atomic E-state index is 5.86. The number of anilines is 1. The van der Waals surface area contributed by atoms with Gasteiger partial charge in [-0.25, -0.2) is 0 Å². The zero-order valence-corrected chi connectivity index (χ0v) is 12.3. The molecule has 1 aromatic rings. The summed E-state index contributed by atoms with van der Waals surface area (Å²) in [6.45, 7) is 5.52. The van der Waals surface area contributed by atoms with Crippen LogP contribution in [0.25, 0.3) is 0 Å². The fourth-order valence-corrected chi connectivity index (χ4v) is 1.35. The smallest absolute Gasteiger partial charge is 0.322 e. The van der Waals surface area contributed by atoms with Crippen molar-refractivity contribution in [3.8, 4) is 6.01 Å². The lowest BCUT2D eigenvalue weighted by Gasteiger charge is -2.20. The molecular formula is C11H20ClN5O. The van der Waals surface area contributed by atoms with Gasteiger partial charge in [0.05, 0.1) is 6.10 Å². The van der Waals surface area contributed by atoms with Crippen molar-refractivity contribution in [2.45, 2.75) is 20.0 Å². The maximum Gasteiger partial charge on any atom is 0.322 e. The fourth-order valence-electron chi connectivity index (χ4n) is 1.21. The van der Waals surface area contributed by atoms with Gasteiger partial charge in [0, 0.05) is 20.1 Å². The molecule has 0 aliphatic carbocycles. The Morgan fingerprint density at radius 3 is 2.33 bits per heavy atom. The molecule has 7 heteroatoms. The van der Waals surface area contributed by atoms with Gasteiger partial charge in [-0.3, -0.25) is 0 Å². The van der Waals surface area contributed by atoms with Gasteiger partial charge in [-0.2, -0.15) is 15.0 Å². The van der Waals surface area contributed by atoms with Crippen LogP contribution in [0, 0.1) is 0 Å². The van der Waals surface area contributed by atoms with Gasteiger partial charge in [-0.1, -0.05) is 0 Å². The van der Waals surface area contributed by atoms with E-state index >= 15 is 0 Å². The molecule has 0 aromatic carbocycles.